The fourth-order valence-electron chi connectivity index (χ4n) is 3.18. The summed E-state index contributed by atoms with van der Waals surface area (Å²) in [4.78, 5) is 19.3. The highest BCUT2D eigenvalue weighted by Crippen LogP contribution is 2.38. The second-order valence-corrected chi connectivity index (χ2v) is 5.91. The highest BCUT2D eigenvalue weighted by atomic mass is 16.5. The van der Waals surface area contributed by atoms with Crippen molar-refractivity contribution in [2.75, 3.05) is 7.11 Å². The Morgan fingerprint density at radius 2 is 1.74 bits per heavy atom. The van der Waals surface area contributed by atoms with Crippen LogP contribution in [0.1, 0.15) is 22.3 Å². The largest absolute Gasteiger partial charge is 0.496 e. The average Bonchev–Trinajstić information content (AvgIpc) is 2.52. The maximum atomic E-state index is 12.2. The van der Waals surface area contributed by atoms with Gasteiger partial charge in [0.1, 0.15) is 5.75 Å². The first-order valence-electron chi connectivity index (χ1n) is 7.58. The smallest absolute Gasteiger partial charge is 0.258 e. The zero-order valence-corrected chi connectivity index (χ0v) is 14.1. The number of ether oxygens (including phenoxy) is 1. The van der Waals surface area contributed by atoms with E-state index in [1.165, 1.54) is 6.33 Å². The van der Waals surface area contributed by atoms with Crippen LogP contribution in [0.25, 0.3) is 22.0 Å². The molecular formula is C19H20N2O2. The van der Waals surface area contributed by atoms with Crippen LogP contribution in [-0.2, 0) is 0 Å². The van der Waals surface area contributed by atoms with Gasteiger partial charge in [0, 0.05) is 5.56 Å². The van der Waals surface area contributed by atoms with Crippen molar-refractivity contribution in [3.8, 4) is 16.9 Å². The fourth-order valence-corrected chi connectivity index (χ4v) is 3.18. The Morgan fingerprint density at radius 3 is 2.43 bits per heavy atom. The summed E-state index contributed by atoms with van der Waals surface area (Å²) in [5, 5.41) is 0.618. The van der Waals surface area contributed by atoms with Gasteiger partial charge in [0.25, 0.3) is 5.56 Å². The van der Waals surface area contributed by atoms with Crippen molar-refractivity contribution in [1.82, 2.24) is 9.97 Å². The van der Waals surface area contributed by atoms with Crippen molar-refractivity contribution in [3.63, 3.8) is 0 Å². The molecular weight excluding hydrogens is 288 g/mol. The molecule has 23 heavy (non-hydrogen) atoms. The van der Waals surface area contributed by atoms with Crippen LogP contribution < -0.4 is 10.3 Å². The van der Waals surface area contributed by atoms with Gasteiger partial charge in [0.15, 0.2) is 0 Å². The lowest BCUT2D eigenvalue weighted by Gasteiger charge is -2.18. The molecule has 4 heteroatoms. The molecule has 3 aromatic rings. The molecule has 0 fully saturated rings. The number of hydrogen-bond acceptors (Lipinski definition) is 3. The minimum atomic E-state index is -0.113. The molecule has 4 nitrogen and oxygen atoms in total. The van der Waals surface area contributed by atoms with E-state index >= 15 is 0 Å². The van der Waals surface area contributed by atoms with Crippen LogP contribution in [-0.4, -0.2) is 17.1 Å². The molecule has 0 aliphatic heterocycles. The van der Waals surface area contributed by atoms with E-state index in [-0.39, 0.29) is 5.56 Å². The summed E-state index contributed by atoms with van der Waals surface area (Å²) in [6, 6.07) is 5.93. The van der Waals surface area contributed by atoms with E-state index < -0.39 is 0 Å². The molecule has 2 aromatic carbocycles. The van der Waals surface area contributed by atoms with Gasteiger partial charge in [-0.1, -0.05) is 6.07 Å². The van der Waals surface area contributed by atoms with Crippen LogP contribution in [0.5, 0.6) is 5.75 Å². The van der Waals surface area contributed by atoms with Gasteiger partial charge >= 0.3 is 0 Å². The van der Waals surface area contributed by atoms with E-state index in [2.05, 4.69) is 23.8 Å². The average molecular weight is 308 g/mol. The van der Waals surface area contributed by atoms with E-state index in [1.807, 2.05) is 32.0 Å². The van der Waals surface area contributed by atoms with Crippen LogP contribution in [0.4, 0.5) is 0 Å². The van der Waals surface area contributed by atoms with Crippen molar-refractivity contribution >= 4 is 10.9 Å². The number of aryl methyl sites for hydroxylation is 2. The van der Waals surface area contributed by atoms with Gasteiger partial charge in [-0.05, 0) is 67.6 Å². The Bertz CT molecular complexity index is 971. The summed E-state index contributed by atoms with van der Waals surface area (Å²) in [7, 11) is 1.67. The SMILES string of the molecule is COc1ccc(C)c(-c2c(C)c(C)cc3c(=O)[nH]cnc23)c1C. The van der Waals surface area contributed by atoms with Crippen LogP contribution >= 0.6 is 0 Å². The molecule has 0 aliphatic carbocycles. The van der Waals surface area contributed by atoms with Gasteiger partial charge in [-0.3, -0.25) is 4.79 Å². The molecule has 0 bridgehead atoms. The quantitative estimate of drug-likeness (QED) is 0.782. The number of hydrogen-bond donors (Lipinski definition) is 1. The minimum absolute atomic E-state index is 0.113. The Balaban J connectivity index is 2.54. The van der Waals surface area contributed by atoms with Crippen molar-refractivity contribution < 1.29 is 4.74 Å². The number of aromatic nitrogens is 2. The van der Waals surface area contributed by atoms with Gasteiger partial charge in [-0.25, -0.2) is 4.98 Å². The highest BCUT2D eigenvalue weighted by Gasteiger charge is 2.18. The van der Waals surface area contributed by atoms with E-state index in [0.717, 1.165) is 44.6 Å². The van der Waals surface area contributed by atoms with E-state index in [1.54, 1.807) is 7.11 Å². The van der Waals surface area contributed by atoms with Crippen molar-refractivity contribution in [2.45, 2.75) is 27.7 Å². The molecule has 0 atom stereocenters. The molecule has 0 spiro atoms. The second kappa shape index (κ2) is 5.54. The lowest BCUT2D eigenvalue weighted by molar-refractivity contribution is 0.412. The standard InChI is InChI=1S/C19H20N2O2/c1-10-6-7-15(23-5)13(4)16(10)17-12(3)11(2)8-14-18(17)20-9-21-19(14)22/h6-9H,1-5H3,(H,20,21,22). The maximum absolute atomic E-state index is 12.2. The molecule has 118 valence electrons. The van der Waals surface area contributed by atoms with E-state index in [9.17, 15) is 4.79 Å². The number of methoxy groups -OCH3 is 1. The molecule has 0 amide bonds. The van der Waals surface area contributed by atoms with E-state index in [0.29, 0.717) is 5.39 Å². The first-order chi connectivity index (χ1) is 11.0. The number of fused-ring (bicyclic) bond motifs is 1. The lowest BCUT2D eigenvalue weighted by Crippen LogP contribution is -2.09. The fraction of sp³-hybridized carbons (Fsp3) is 0.263. The molecule has 0 unspecified atom stereocenters. The molecule has 0 aliphatic rings. The predicted molar refractivity (Wildman–Crippen MR) is 93.3 cm³/mol. The maximum Gasteiger partial charge on any atom is 0.258 e. The number of nitrogens with zero attached hydrogens (tertiary/aromatic N) is 1. The molecule has 0 saturated heterocycles. The summed E-state index contributed by atoms with van der Waals surface area (Å²) in [6.07, 6.45) is 1.47. The number of rotatable bonds is 2. The third-order valence-electron chi connectivity index (χ3n) is 4.55. The lowest BCUT2D eigenvalue weighted by atomic mass is 9.88. The Labute approximate surface area is 135 Å². The molecule has 3 rings (SSSR count). The zero-order chi connectivity index (χ0) is 16.7. The minimum Gasteiger partial charge on any atom is -0.496 e. The third kappa shape index (κ3) is 2.31. The molecule has 1 heterocycles. The summed E-state index contributed by atoms with van der Waals surface area (Å²) < 4.78 is 5.48. The van der Waals surface area contributed by atoms with Gasteiger partial charge in [-0.15, -0.1) is 0 Å². The predicted octanol–water partition coefficient (Wildman–Crippen LogP) is 3.83. The molecule has 1 N–H and O–H groups in total. The van der Waals surface area contributed by atoms with Crippen LogP contribution in [0.3, 0.4) is 0 Å². The van der Waals surface area contributed by atoms with Crippen LogP contribution in [0.2, 0.25) is 0 Å². The first kappa shape index (κ1) is 15.3. The van der Waals surface area contributed by atoms with E-state index in [4.69, 9.17) is 4.74 Å². The summed E-state index contributed by atoms with van der Waals surface area (Å²) in [6.45, 7) is 8.21. The number of aromatic amines is 1. The monoisotopic (exact) mass is 308 g/mol. The van der Waals surface area contributed by atoms with Gasteiger partial charge < -0.3 is 9.72 Å². The first-order valence-corrected chi connectivity index (χ1v) is 7.58. The highest BCUT2D eigenvalue weighted by molar-refractivity contribution is 5.97. The summed E-state index contributed by atoms with van der Waals surface area (Å²) in [5.74, 6) is 0.837. The Morgan fingerprint density at radius 1 is 1.00 bits per heavy atom. The van der Waals surface area contributed by atoms with Gasteiger partial charge in [0.2, 0.25) is 0 Å². The van der Waals surface area contributed by atoms with Gasteiger partial charge in [-0.2, -0.15) is 0 Å². The van der Waals surface area contributed by atoms with Crippen molar-refractivity contribution in [2.24, 2.45) is 0 Å². The summed E-state index contributed by atoms with van der Waals surface area (Å²) in [5.41, 5.74) is 7.13. The summed E-state index contributed by atoms with van der Waals surface area (Å²) >= 11 is 0. The Hall–Kier alpha value is -2.62. The van der Waals surface area contributed by atoms with Crippen LogP contribution in [0.15, 0.2) is 29.3 Å². The van der Waals surface area contributed by atoms with Gasteiger partial charge in [0.05, 0.1) is 24.3 Å². The number of nitrogens with one attached hydrogen (secondary N) is 1. The second-order valence-electron chi connectivity index (χ2n) is 5.91. The van der Waals surface area contributed by atoms with Crippen LogP contribution in [0, 0.1) is 27.7 Å². The molecule has 0 saturated carbocycles. The number of benzene rings is 2. The zero-order valence-electron chi connectivity index (χ0n) is 14.1. The molecule has 0 radical (unpaired) electrons. The normalized spacial score (nSPS) is 11.0. The van der Waals surface area contributed by atoms with Crippen molar-refractivity contribution in [1.29, 1.82) is 0 Å². The Kier molecular flexibility index (Phi) is 3.68. The number of H-pyrrole nitrogens is 1. The molecule has 1 aromatic heterocycles. The third-order valence-corrected chi connectivity index (χ3v) is 4.55. The topological polar surface area (TPSA) is 55.0 Å². The van der Waals surface area contributed by atoms with Crippen molar-refractivity contribution in [3.05, 3.63) is 57.1 Å².